The fourth-order valence-corrected chi connectivity index (χ4v) is 5.36. The molecule has 2 atom stereocenters. The molecule has 0 unspecified atom stereocenters. The highest BCUT2D eigenvalue weighted by Gasteiger charge is 2.39. The van der Waals surface area contributed by atoms with Gasteiger partial charge in [0, 0.05) is 67.9 Å². The molecule has 3 aromatic rings. The van der Waals surface area contributed by atoms with Gasteiger partial charge in [-0.2, -0.15) is 20.1 Å². The Hall–Kier alpha value is -3.36. The number of β-amino-alcohol motifs (C(OH)–C–C–N with tert-alkyl or cyclic N) is 1. The van der Waals surface area contributed by atoms with Gasteiger partial charge in [0.05, 0.1) is 6.10 Å². The number of aromatic amines is 1. The third-order valence-electron chi connectivity index (χ3n) is 6.94. The van der Waals surface area contributed by atoms with Crippen LogP contribution in [0.3, 0.4) is 0 Å². The number of aryl methyl sites for hydroxylation is 1. The number of rotatable bonds is 7. The first kappa shape index (κ1) is 24.0. The predicted octanol–water partition coefficient (Wildman–Crippen LogP) is 1.31. The Morgan fingerprint density at radius 3 is 2.68 bits per heavy atom. The normalized spacial score (nSPS) is 22.5. The number of piperazine rings is 1. The van der Waals surface area contributed by atoms with Crippen LogP contribution in [-0.2, 0) is 4.79 Å². The molecule has 0 spiro atoms. The molecule has 37 heavy (non-hydrogen) atoms. The summed E-state index contributed by atoms with van der Waals surface area (Å²) >= 11 is 1.41. The molecule has 4 N–H and O–H groups in total. The Kier molecular flexibility index (Phi) is 6.38. The van der Waals surface area contributed by atoms with Crippen molar-refractivity contribution < 1.29 is 9.90 Å². The summed E-state index contributed by atoms with van der Waals surface area (Å²) in [6.07, 6.45) is 3.66. The molecule has 3 aromatic heterocycles. The number of H-pyrrole nitrogens is 1. The van der Waals surface area contributed by atoms with Crippen molar-refractivity contribution in [1.29, 1.82) is 0 Å². The summed E-state index contributed by atoms with van der Waals surface area (Å²) in [6, 6.07) is 1.35. The summed E-state index contributed by atoms with van der Waals surface area (Å²) in [5, 5.41) is 24.6. The Balaban J connectivity index is 1.29. The molecule has 1 amide bonds. The molecule has 1 saturated carbocycles. The van der Waals surface area contributed by atoms with Gasteiger partial charge in [-0.05, 0) is 26.8 Å². The maximum atomic E-state index is 13.2. The summed E-state index contributed by atoms with van der Waals surface area (Å²) in [5.74, 6) is 2.17. The number of nitrogens with one attached hydrogen (secondary N) is 3. The lowest BCUT2D eigenvalue weighted by Gasteiger charge is -2.33. The van der Waals surface area contributed by atoms with Crippen molar-refractivity contribution in [3.63, 3.8) is 0 Å². The highest BCUT2D eigenvalue weighted by molar-refractivity contribution is 7.15. The van der Waals surface area contributed by atoms with Gasteiger partial charge in [0.2, 0.25) is 23.8 Å². The van der Waals surface area contributed by atoms with E-state index in [1.807, 2.05) is 13.0 Å². The summed E-state index contributed by atoms with van der Waals surface area (Å²) in [4.78, 5) is 38.7. The monoisotopic (exact) mass is 525 g/mol. The average Bonchev–Trinajstić information content (AvgIpc) is 3.27. The number of aromatic nitrogens is 6. The molecular formula is C23H31N11O2S. The van der Waals surface area contributed by atoms with E-state index in [-0.39, 0.29) is 18.9 Å². The van der Waals surface area contributed by atoms with Crippen molar-refractivity contribution in [3.05, 3.63) is 22.8 Å². The molecule has 13 nitrogen and oxygen atoms in total. The van der Waals surface area contributed by atoms with E-state index in [1.165, 1.54) is 24.2 Å². The van der Waals surface area contributed by atoms with Gasteiger partial charge < -0.3 is 30.4 Å². The summed E-state index contributed by atoms with van der Waals surface area (Å²) in [5.41, 5.74) is 1.10. The third-order valence-corrected chi connectivity index (χ3v) is 7.77. The van der Waals surface area contributed by atoms with Crippen LogP contribution in [0.5, 0.6) is 0 Å². The van der Waals surface area contributed by atoms with Gasteiger partial charge >= 0.3 is 0 Å². The summed E-state index contributed by atoms with van der Waals surface area (Å²) in [6.45, 7) is 5.54. The minimum absolute atomic E-state index is 0.245. The topological polar surface area (TPSA) is 151 Å². The number of carbonyl (C=O) groups is 1. The number of amides is 1. The second-order valence-electron chi connectivity index (χ2n) is 9.98. The number of aliphatic hydroxyl groups is 1. The van der Waals surface area contributed by atoms with Gasteiger partial charge in [0.15, 0.2) is 10.9 Å². The van der Waals surface area contributed by atoms with Crippen molar-refractivity contribution in [2.75, 3.05) is 60.2 Å². The molecule has 0 radical (unpaired) electrons. The molecule has 3 aliphatic rings. The highest BCUT2D eigenvalue weighted by Crippen LogP contribution is 2.39. The second-order valence-corrected chi connectivity index (χ2v) is 11.2. The first-order valence-corrected chi connectivity index (χ1v) is 13.4. The van der Waals surface area contributed by atoms with E-state index in [1.54, 1.807) is 11.1 Å². The Labute approximate surface area is 218 Å². The van der Waals surface area contributed by atoms with Crippen molar-refractivity contribution in [3.8, 4) is 0 Å². The molecule has 0 aromatic carbocycles. The van der Waals surface area contributed by atoms with Gasteiger partial charge in [0.25, 0.3) is 0 Å². The largest absolute Gasteiger partial charge is 0.391 e. The van der Waals surface area contributed by atoms with Crippen LogP contribution in [-0.4, -0.2) is 98.0 Å². The number of nitrogens with zero attached hydrogens (tertiary/aromatic N) is 8. The van der Waals surface area contributed by atoms with Crippen LogP contribution in [0.2, 0.25) is 0 Å². The molecule has 2 aliphatic heterocycles. The zero-order chi connectivity index (χ0) is 25.5. The Morgan fingerprint density at radius 2 is 1.95 bits per heavy atom. The standard InChI is InChI=1S/C23H31N11O2S/c1-13-11-24-23(37-13)26-19(36)17-9-15(35)12-34(17)22-28-20(25-18-10-16(30-31-18)14-3-4-14)27-21(29-22)33-7-5-32(2)6-8-33/h10-11,14-15,17,35H,3-9,12H2,1-2H3,(H,24,26,36)(H2,25,27,28,29,30,31)/t15-,17-/m0/s1. The van der Waals surface area contributed by atoms with Gasteiger partial charge in [0.1, 0.15) is 6.04 Å². The van der Waals surface area contributed by atoms with Gasteiger partial charge in [-0.25, -0.2) is 4.98 Å². The zero-order valence-electron chi connectivity index (χ0n) is 20.9. The van der Waals surface area contributed by atoms with Gasteiger partial charge in [-0.15, -0.1) is 11.3 Å². The minimum Gasteiger partial charge on any atom is -0.391 e. The Morgan fingerprint density at radius 1 is 1.16 bits per heavy atom. The molecule has 2 saturated heterocycles. The molecule has 5 heterocycles. The lowest BCUT2D eigenvalue weighted by molar-refractivity contribution is -0.117. The number of thiazole rings is 1. The van der Waals surface area contributed by atoms with E-state index >= 15 is 0 Å². The minimum atomic E-state index is -0.679. The van der Waals surface area contributed by atoms with Crippen molar-refractivity contribution in [2.45, 2.75) is 44.2 Å². The van der Waals surface area contributed by atoms with Crippen LogP contribution in [0.25, 0.3) is 0 Å². The molecular weight excluding hydrogens is 494 g/mol. The van der Waals surface area contributed by atoms with E-state index in [0.29, 0.717) is 34.7 Å². The average molecular weight is 526 g/mol. The number of carbonyl (C=O) groups excluding carboxylic acids is 1. The van der Waals surface area contributed by atoms with Crippen LogP contribution < -0.4 is 20.4 Å². The molecule has 0 bridgehead atoms. The van der Waals surface area contributed by atoms with Crippen LogP contribution in [0.1, 0.15) is 35.8 Å². The third kappa shape index (κ3) is 5.36. The fourth-order valence-electron chi connectivity index (χ4n) is 4.69. The van der Waals surface area contributed by atoms with Crippen molar-refractivity contribution >= 4 is 46.0 Å². The van der Waals surface area contributed by atoms with Crippen molar-refractivity contribution in [1.82, 2.24) is 35.0 Å². The van der Waals surface area contributed by atoms with Crippen LogP contribution >= 0.6 is 11.3 Å². The van der Waals surface area contributed by atoms with E-state index < -0.39 is 12.1 Å². The molecule has 196 valence electrons. The summed E-state index contributed by atoms with van der Waals surface area (Å²) in [7, 11) is 2.09. The SMILES string of the molecule is Cc1cnc(NC(=O)[C@@H]2C[C@H](O)CN2c2nc(Nc3cc(C4CC4)[nH]n3)nc(N3CCN(C)CC3)n2)s1. The van der Waals surface area contributed by atoms with Crippen LogP contribution in [0.15, 0.2) is 12.3 Å². The fraction of sp³-hybridized carbons (Fsp3) is 0.565. The van der Waals surface area contributed by atoms with E-state index in [4.69, 9.17) is 9.97 Å². The van der Waals surface area contributed by atoms with E-state index in [2.05, 4.69) is 47.6 Å². The number of likely N-dealkylation sites (N-methyl/N-ethyl adjacent to an activating group) is 1. The predicted molar refractivity (Wildman–Crippen MR) is 141 cm³/mol. The number of anilines is 5. The lowest BCUT2D eigenvalue weighted by Crippen LogP contribution is -2.45. The first-order valence-electron chi connectivity index (χ1n) is 12.6. The quantitative estimate of drug-likeness (QED) is 0.353. The first-order chi connectivity index (χ1) is 17.9. The maximum absolute atomic E-state index is 13.2. The summed E-state index contributed by atoms with van der Waals surface area (Å²) < 4.78 is 0. The second kappa shape index (κ2) is 9.84. The molecule has 3 fully saturated rings. The zero-order valence-corrected chi connectivity index (χ0v) is 21.7. The smallest absolute Gasteiger partial charge is 0.249 e. The molecule has 14 heteroatoms. The Bertz CT molecular complexity index is 1270. The number of hydrogen-bond acceptors (Lipinski definition) is 12. The van der Waals surface area contributed by atoms with Crippen LogP contribution in [0.4, 0.5) is 28.8 Å². The number of aliphatic hydroxyl groups excluding tert-OH is 1. The van der Waals surface area contributed by atoms with E-state index in [0.717, 1.165) is 36.8 Å². The lowest BCUT2D eigenvalue weighted by atomic mass is 10.2. The van der Waals surface area contributed by atoms with Crippen molar-refractivity contribution in [2.24, 2.45) is 0 Å². The number of hydrogen-bond donors (Lipinski definition) is 4. The molecule has 1 aliphatic carbocycles. The van der Waals surface area contributed by atoms with E-state index in [9.17, 15) is 9.90 Å². The van der Waals surface area contributed by atoms with Gasteiger partial charge in [-0.3, -0.25) is 9.89 Å². The highest BCUT2D eigenvalue weighted by atomic mass is 32.1. The van der Waals surface area contributed by atoms with Crippen LogP contribution in [0, 0.1) is 6.92 Å². The van der Waals surface area contributed by atoms with Gasteiger partial charge in [-0.1, -0.05) is 0 Å². The molecule has 6 rings (SSSR count). The maximum Gasteiger partial charge on any atom is 0.249 e.